The molecule has 5 nitrogen and oxygen atoms in total. The van der Waals surface area contributed by atoms with Crippen LogP contribution in [0.15, 0.2) is 5.10 Å². The average molecular weight is 315 g/mol. The molecule has 0 rings (SSSR count). The smallest absolute Gasteiger partial charge is 0.138 e. The van der Waals surface area contributed by atoms with Crippen LogP contribution in [0.25, 0.3) is 0 Å². The lowest BCUT2D eigenvalue weighted by molar-refractivity contribution is -0.128. The summed E-state index contributed by atoms with van der Waals surface area (Å²) in [7, 11) is 0. The summed E-state index contributed by atoms with van der Waals surface area (Å²) in [4.78, 5) is 11.7. The molecule has 0 saturated carbocycles. The molecule has 0 radical (unpaired) electrons. The van der Waals surface area contributed by atoms with E-state index in [1.54, 1.807) is 0 Å². The summed E-state index contributed by atoms with van der Waals surface area (Å²) in [6, 6.07) is 0. The van der Waals surface area contributed by atoms with E-state index in [1.165, 1.54) is 19.3 Å². The second-order valence-corrected chi connectivity index (χ2v) is 5.69. The quantitative estimate of drug-likeness (QED) is 0.235. The van der Waals surface area contributed by atoms with Gasteiger partial charge < -0.3 is 16.6 Å². The van der Waals surface area contributed by atoms with E-state index in [0.717, 1.165) is 25.6 Å². The number of carbonyl (C=O) groups excluding carboxylic acids is 1. The molecule has 0 fully saturated rings. The molecule has 0 amide bonds. The van der Waals surface area contributed by atoms with Crippen LogP contribution >= 0.6 is 0 Å². The van der Waals surface area contributed by atoms with Crippen molar-refractivity contribution in [1.29, 1.82) is 5.41 Å². The number of hydrogen-bond donors (Lipinski definition) is 3. The third kappa shape index (κ3) is 10.5. The lowest BCUT2D eigenvalue weighted by Crippen LogP contribution is -2.26. The minimum Gasteiger partial charge on any atom is -0.323 e. The summed E-state index contributed by atoms with van der Waals surface area (Å²) in [6.45, 7) is 11.8. The fourth-order valence-corrected chi connectivity index (χ4v) is 2.09. The molecule has 5 heteroatoms. The molecule has 0 saturated heterocycles. The van der Waals surface area contributed by atoms with Gasteiger partial charge >= 0.3 is 0 Å². The van der Waals surface area contributed by atoms with Crippen molar-refractivity contribution in [3.05, 3.63) is 0 Å². The van der Waals surface area contributed by atoms with E-state index in [2.05, 4.69) is 31.2 Å². The standard InChI is InChI=1S/C12H24O.C5H12N4.H2/c1-5-8-9-10-12(4,7-3)11(13)6-2;1-2-8-4-5(3-6)9-7;/h5-10H2,1-4H3;3,6,8H,2,4,7H2,1H3;1H/b;6-3?,9-5+;. The van der Waals surface area contributed by atoms with Crippen molar-refractivity contribution in [2.45, 2.75) is 73.1 Å². The molecule has 1 unspecified atom stereocenters. The summed E-state index contributed by atoms with van der Waals surface area (Å²) in [5.41, 5.74) is 0.529. The third-order valence-corrected chi connectivity index (χ3v) is 4.00. The predicted molar refractivity (Wildman–Crippen MR) is 98.9 cm³/mol. The van der Waals surface area contributed by atoms with Crippen LogP contribution in [0, 0.1) is 10.8 Å². The molecular weight excluding hydrogens is 276 g/mol. The largest absolute Gasteiger partial charge is 0.323 e. The molecule has 0 aliphatic rings. The predicted octanol–water partition coefficient (Wildman–Crippen LogP) is 3.77. The SMILES string of the molecule is CCCCCC(C)(CC)C(=O)CC.CCNC/C(C=N)=N/N.[HH]. The normalized spacial score (nSPS) is 13.8. The molecule has 22 heavy (non-hydrogen) atoms. The number of hydrazone groups is 1. The Morgan fingerprint density at radius 3 is 2.32 bits per heavy atom. The van der Waals surface area contributed by atoms with Gasteiger partial charge in [0, 0.05) is 26.0 Å². The van der Waals surface area contributed by atoms with Gasteiger partial charge in [-0.05, 0) is 19.4 Å². The molecule has 0 heterocycles. The number of carbonyl (C=O) groups is 1. The maximum absolute atomic E-state index is 11.7. The highest BCUT2D eigenvalue weighted by molar-refractivity contribution is 6.30. The summed E-state index contributed by atoms with van der Waals surface area (Å²) >= 11 is 0. The van der Waals surface area contributed by atoms with Crippen molar-refractivity contribution >= 4 is 17.7 Å². The molecule has 0 bridgehead atoms. The first-order valence-corrected chi connectivity index (χ1v) is 8.46. The van der Waals surface area contributed by atoms with E-state index in [9.17, 15) is 4.79 Å². The van der Waals surface area contributed by atoms with Crippen molar-refractivity contribution in [3.8, 4) is 0 Å². The maximum atomic E-state index is 11.7. The molecule has 132 valence electrons. The van der Waals surface area contributed by atoms with Gasteiger partial charge in [0.15, 0.2) is 0 Å². The van der Waals surface area contributed by atoms with Gasteiger partial charge in [-0.3, -0.25) is 4.79 Å². The van der Waals surface area contributed by atoms with Crippen molar-refractivity contribution < 1.29 is 6.22 Å². The lowest BCUT2D eigenvalue weighted by atomic mass is 9.77. The second-order valence-electron chi connectivity index (χ2n) is 5.69. The third-order valence-electron chi connectivity index (χ3n) is 4.00. The zero-order valence-electron chi connectivity index (χ0n) is 15.2. The van der Waals surface area contributed by atoms with Crippen LogP contribution < -0.4 is 11.2 Å². The Morgan fingerprint density at radius 1 is 1.32 bits per heavy atom. The highest BCUT2D eigenvalue weighted by atomic mass is 16.1. The average Bonchev–Trinajstić information content (AvgIpc) is 2.55. The summed E-state index contributed by atoms with van der Waals surface area (Å²) < 4.78 is 0. The highest BCUT2D eigenvalue weighted by Gasteiger charge is 2.28. The Kier molecular flexibility index (Phi) is 15.4. The van der Waals surface area contributed by atoms with Gasteiger partial charge in [-0.1, -0.05) is 53.9 Å². The van der Waals surface area contributed by atoms with Crippen molar-refractivity contribution in [2.24, 2.45) is 16.4 Å². The van der Waals surface area contributed by atoms with Gasteiger partial charge in [0.25, 0.3) is 0 Å². The van der Waals surface area contributed by atoms with Gasteiger partial charge in [-0.2, -0.15) is 5.10 Å². The highest BCUT2D eigenvalue weighted by Crippen LogP contribution is 2.30. The van der Waals surface area contributed by atoms with Crippen molar-refractivity contribution in [3.63, 3.8) is 0 Å². The Hall–Kier alpha value is -1.23. The van der Waals surface area contributed by atoms with Crippen LogP contribution in [0.2, 0.25) is 0 Å². The first-order chi connectivity index (χ1) is 10.4. The number of nitrogens with one attached hydrogen (secondary N) is 2. The van der Waals surface area contributed by atoms with Crippen LogP contribution in [0.5, 0.6) is 0 Å². The molecular formula is C17H38N4O. The van der Waals surface area contributed by atoms with Crippen LogP contribution in [-0.2, 0) is 4.79 Å². The van der Waals surface area contributed by atoms with Gasteiger partial charge in [0.2, 0.25) is 0 Å². The summed E-state index contributed by atoms with van der Waals surface area (Å²) in [5.74, 6) is 5.36. The Morgan fingerprint density at radius 2 is 1.95 bits per heavy atom. The first-order valence-electron chi connectivity index (χ1n) is 8.46. The minimum atomic E-state index is -0.0378. The zero-order chi connectivity index (χ0) is 17.4. The van der Waals surface area contributed by atoms with E-state index < -0.39 is 0 Å². The monoisotopic (exact) mass is 314 g/mol. The van der Waals surface area contributed by atoms with Crippen LogP contribution in [0.3, 0.4) is 0 Å². The summed E-state index contributed by atoms with van der Waals surface area (Å²) in [5, 5.41) is 13.1. The number of ketones is 1. The van der Waals surface area contributed by atoms with E-state index in [4.69, 9.17) is 11.3 Å². The van der Waals surface area contributed by atoms with Gasteiger partial charge in [-0.25, -0.2) is 0 Å². The zero-order valence-corrected chi connectivity index (χ0v) is 15.2. The van der Waals surface area contributed by atoms with E-state index >= 15 is 0 Å². The fraction of sp³-hybridized carbons (Fsp3) is 0.824. The number of hydrogen-bond acceptors (Lipinski definition) is 5. The number of Topliss-reactive ketones (excluding diaryl/α,β-unsaturated/α-hetero) is 1. The molecule has 0 aromatic heterocycles. The number of nitrogens with two attached hydrogens (primary N) is 1. The summed E-state index contributed by atoms with van der Waals surface area (Å²) in [6.07, 6.45) is 7.59. The second kappa shape index (κ2) is 14.7. The lowest BCUT2D eigenvalue weighted by Gasteiger charge is -2.26. The molecule has 0 spiro atoms. The van der Waals surface area contributed by atoms with Crippen molar-refractivity contribution in [2.75, 3.05) is 13.1 Å². The van der Waals surface area contributed by atoms with Gasteiger partial charge in [0.05, 0.1) is 5.71 Å². The topological polar surface area (TPSA) is 91.3 Å². The molecule has 0 aromatic rings. The van der Waals surface area contributed by atoms with Crippen LogP contribution in [0.1, 0.15) is 74.6 Å². The van der Waals surface area contributed by atoms with Crippen LogP contribution in [0.4, 0.5) is 0 Å². The van der Waals surface area contributed by atoms with Gasteiger partial charge in [-0.15, -0.1) is 0 Å². The number of nitrogens with zero attached hydrogens (tertiary/aromatic N) is 1. The molecule has 1 atom stereocenters. The number of unbranched alkanes of at least 4 members (excludes halogenated alkanes) is 2. The van der Waals surface area contributed by atoms with E-state index in [-0.39, 0.29) is 6.84 Å². The Labute approximate surface area is 138 Å². The van der Waals surface area contributed by atoms with Crippen LogP contribution in [-0.4, -0.2) is 30.8 Å². The maximum Gasteiger partial charge on any atom is 0.138 e. The molecule has 0 aliphatic heterocycles. The fourth-order valence-electron chi connectivity index (χ4n) is 2.09. The van der Waals surface area contributed by atoms with E-state index in [1.807, 2.05) is 13.8 Å². The molecule has 0 aliphatic carbocycles. The Bertz CT molecular complexity index is 335. The minimum absolute atomic E-state index is 0. The Balaban J connectivity index is -0.000000354. The molecule has 4 N–H and O–H groups in total. The van der Waals surface area contributed by atoms with Gasteiger partial charge in [0.1, 0.15) is 5.78 Å². The van der Waals surface area contributed by atoms with Crippen molar-refractivity contribution in [1.82, 2.24) is 5.32 Å². The number of rotatable bonds is 11. The van der Waals surface area contributed by atoms with E-state index in [0.29, 0.717) is 24.5 Å². The molecule has 0 aromatic carbocycles. The first kappa shape index (κ1) is 23.0.